The molecule has 10 heteroatoms. The van der Waals surface area contributed by atoms with Gasteiger partial charge in [-0.15, -0.1) is 10.2 Å². The molecular formula is C24H28N6O3S. The van der Waals surface area contributed by atoms with Gasteiger partial charge in [-0.25, -0.2) is 0 Å². The van der Waals surface area contributed by atoms with Crippen LogP contribution < -0.4 is 4.90 Å². The van der Waals surface area contributed by atoms with Gasteiger partial charge in [-0.1, -0.05) is 29.5 Å². The number of carbonyl (C=O) groups excluding carboxylic acids is 1. The van der Waals surface area contributed by atoms with Crippen LogP contribution >= 0.6 is 11.8 Å². The zero-order chi connectivity index (χ0) is 24.1. The van der Waals surface area contributed by atoms with Crippen LogP contribution in [-0.2, 0) is 4.79 Å². The second-order valence-electron chi connectivity index (χ2n) is 8.29. The number of amides is 1. The van der Waals surface area contributed by atoms with Crippen LogP contribution in [0.5, 0.6) is 0 Å². The summed E-state index contributed by atoms with van der Waals surface area (Å²) >= 11 is 1.62. The number of carbonyl (C=O) groups is 1. The summed E-state index contributed by atoms with van der Waals surface area (Å²) in [5.41, 5.74) is 3.28. The van der Waals surface area contributed by atoms with Gasteiger partial charge in [0.15, 0.2) is 5.16 Å². The van der Waals surface area contributed by atoms with Crippen molar-refractivity contribution in [3.05, 3.63) is 70.0 Å². The van der Waals surface area contributed by atoms with Gasteiger partial charge in [0.05, 0.1) is 4.92 Å². The Balaban J connectivity index is 1.23. The summed E-state index contributed by atoms with van der Waals surface area (Å²) in [6.45, 7) is 6.75. The Morgan fingerprint density at radius 1 is 0.971 bits per heavy atom. The Morgan fingerprint density at radius 2 is 1.62 bits per heavy atom. The minimum atomic E-state index is -0.397. The molecule has 0 aliphatic carbocycles. The maximum atomic E-state index is 12.7. The highest BCUT2D eigenvalue weighted by molar-refractivity contribution is 7.99. The maximum absolute atomic E-state index is 12.7. The van der Waals surface area contributed by atoms with Gasteiger partial charge < -0.3 is 9.80 Å². The molecule has 9 nitrogen and oxygen atoms in total. The van der Waals surface area contributed by atoms with E-state index in [0.29, 0.717) is 19.5 Å². The Bertz CT molecular complexity index is 1140. The topological polar surface area (TPSA) is 97.4 Å². The van der Waals surface area contributed by atoms with Gasteiger partial charge in [0.2, 0.25) is 5.91 Å². The number of hydrogen-bond acceptors (Lipinski definition) is 7. The third kappa shape index (κ3) is 5.56. The summed E-state index contributed by atoms with van der Waals surface area (Å²) in [4.78, 5) is 27.2. The fourth-order valence-corrected chi connectivity index (χ4v) is 4.91. The molecule has 2 heterocycles. The number of hydrogen-bond donors (Lipinski definition) is 0. The lowest BCUT2D eigenvalue weighted by Gasteiger charge is -2.36. The van der Waals surface area contributed by atoms with Crippen molar-refractivity contribution in [2.24, 2.45) is 0 Å². The molecule has 3 aromatic rings. The average molecular weight is 481 g/mol. The summed E-state index contributed by atoms with van der Waals surface area (Å²) in [6.07, 6.45) is 1.27. The van der Waals surface area contributed by atoms with Gasteiger partial charge in [0.1, 0.15) is 5.82 Å². The first-order valence-electron chi connectivity index (χ1n) is 11.3. The van der Waals surface area contributed by atoms with E-state index in [4.69, 9.17) is 0 Å². The number of non-ortho nitro benzene ring substituents is 1. The molecule has 0 N–H and O–H groups in total. The smallest absolute Gasteiger partial charge is 0.269 e. The van der Waals surface area contributed by atoms with Crippen molar-refractivity contribution in [3.8, 4) is 5.69 Å². The van der Waals surface area contributed by atoms with Crippen molar-refractivity contribution in [1.29, 1.82) is 0 Å². The van der Waals surface area contributed by atoms with Crippen LogP contribution in [0.4, 0.5) is 11.4 Å². The molecule has 2 aromatic carbocycles. The SMILES string of the molecule is Cc1ccc(-n2c(C)nnc2SCCCC(=O)N2CCN(c3ccc([N+](=O)[O-])cc3)CC2)cc1. The summed E-state index contributed by atoms with van der Waals surface area (Å²) in [5.74, 6) is 1.80. The molecule has 178 valence electrons. The lowest BCUT2D eigenvalue weighted by molar-refractivity contribution is -0.384. The van der Waals surface area contributed by atoms with Crippen molar-refractivity contribution < 1.29 is 9.72 Å². The highest BCUT2D eigenvalue weighted by Gasteiger charge is 2.21. The van der Waals surface area contributed by atoms with Crippen LogP contribution in [0.2, 0.25) is 0 Å². The standard InChI is InChI=1S/C24H28N6O3S/c1-18-5-7-21(8-6-18)29-19(2)25-26-24(29)34-17-3-4-23(31)28-15-13-27(14-16-28)20-9-11-22(12-10-20)30(32)33/h5-12H,3-4,13-17H2,1-2H3. The molecule has 1 aromatic heterocycles. The minimum absolute atomic E-state index is 0.0858. The summed E-state index contributed by atoms with van der Waals surface area (Å²) in [6, 6.07) is 14.9. The molecule has 4 rings (SSSR count). The quantitative estimate of drug-likeness (QED) is 0.208. The van der Waals surface area contributed by atoms with Crippen LogP contribution in [0, 0.1) is 24.0 Å². The van der Waals surface area contributed by atoms with Gasteiger partial charge in [-0.2, -0.15) is 0 Å². The molecule has 0 radical (unpaired) electrons. The van der Waals surface area contributed by atoms with Gasteiger partial charge in [-0.05, 0) is 44.5 Å². The molecule has 0 unspecified atom stereocenters. The van der Waals surface area contributed by atoms with Crippen LogP contribution in [0.25, 0.3) is 5.69 Å². The zero-order valence-electron chi connectivity index (χ0n) is 19.4. The Hall–Kier alpha value is -3.40. The van der Waals surface area contributed by atoms with Crippen molar-refractivity contribution in [2.45, 2.75) is 31.8 Å². The number of thioether (sulfide) groups is 1. The number of nitro benzene ring substituents is 1. The fraction of sp³-hybridized carbons (Fsp3) is 0.375. The number of anilines is 1. The van der Waals surface area contributed by atoms with E-state index >= 15 is 0 Å². The second-order valence-corrected chi connectivity index (χ2v) is 9.36. The van der Waals surface area contributed by atoms with E-state index in [9.17, 15) is 14.9 Å². The summed E-state index contributed by atoms with van der Waals surface area (Å²) in [5, 5.41) is 20.2. The Labute approximate surface area is 202 Å². The van der Waals surface area contributed by atoms with Gasteiger partial charge >= 0.3 is 0 Å². The van der Waals surface area contributed by atoms with E-state index < -0.39 is 4.92 Å². The number of aryl methyl sites for hydroxylation is 2. The molecule has 1 amide bonds. The highest BCUT2D eigenvalue weighted by atomic mass is 32.2. The largest absolute Gasteiger partial charge is 0.368 e. The Kier molecular flexibility index (Phi) is 7.46. The molecule has 0 spiro atoms. The number of nitro groups is 1. The lowest BCUT2D eigenvalue weighted by Crippen LogP contribution is -2.48. The number of aromatic nitrogens is 3. The minimum Gasteiger partial charge on any atom is -0.368 e. The third-order valence-corrected chi connectivity index (χ3v) is 6.93. The van der Waals surface area contributed by atoms with Crippen molar-refractivity contribution in [1.82, 2.24) is 19.7 Å². The van der Waals surface area contributed by atoms with Gasteiger partial charge in [0, 0.05) is 61.9 Å². The normalized spacial score (nSPS) is 13.8. The van der Waals surface area contributed by atoms with Crippen molar-refractivity contribution in [3.63, 3.8) is 0 Å². The van der Waals surface area contributed by atoms with Crippen LogP contribution in [0.1, 0.15) is 24.2 Å². The van der Waals surface area contributed by atoms with Crippen molar-refractivity contribution >= 4 is 29.0 Å². The molecule has 1 aliphatic heterocycles. The highest BCUT2D eigenvalue weighted by Crippen LogP contribution is 2.24. The van der Waals surface area contributed by atoms with E-state index in [1.54, 1.807) is 23.9 Å². The lowest BCUT2D eigenvalue weighted by atomic mass is 10.2. The molecule has 1 fully saturated rings. The van der Waals surface area contributed by atoms with Crippen LogP contribution in [0.15, 0.2) is 53.7 Å². The number of benzene rings is 2. The first-order valence-corrected chi connectivity index (χ1v) is 12.3. The average Bonchev–Trinajstić information content (AvgIpc) is 3.22. The van der Waals surface area contributed by atoms with Gasteiger partial charge in [0.25, 0.3) is 5.69 Å². The van der Waals surface area contributed by atoms with E-state index in [1.807, 2.05) is 16.4 Å². The Morgan fingerprint density at radius 3 is 2.26 bits per heavy atom. The van der Waals surface area contributed by atoms with Crippen molar-refractivity contribution in [2.75, 3.05) is 36.8 Å². The van der Waals surface area contributed by atoms with Gasteiger partial charge in [-0.3, -0.25) is 19.5 Å². The van der Waals surface area contributed by atoms with Crippen LogP contribution in [0.3, 0.4) is 0 Å². The fourth-order valence-electron chi connectivity index (χ4n) is 3.97. The van der Waals surface area contributed by atoms with E-state index in [1.165, 1.54) is 17.7 Å². The second kappa shape index (κ2) is 10.7. The van der Waals surface area contributed by atoms with E-state index in [0.717, 1.165) is 47.6 Å². The molecular weight excluding hydrogens is 452 g/mol. The predicted octanol–water partition coefficient (Wildman–Crippen LogP) is 4.01. The van der Waals surface area contributed by atoms with Crippen LogP contribution in [-0.4, -0.2) is 62.4 Å². The first kappa shape index (κ1) is 23.7. The molecule has 1 saturated heterocycles. The summed E-state index contributed by atoms with van der Waals surface area (Å²) in [7, 11) is 0. The zero-order valence-corrected chi connectivity index (χ0v) is 20.2. The van der Waals surface area contributed by atoms with E-state index in [-0.39, 0.29) is 11.6 Å². The predicted molar refractivity (Wildman–Crippen MR) is 133 cm³/mol. The third-order valence-electron chi connectivity index (χ3n) is 5.91. The van der Waals surface area contributed by atoms with E-state index in [2.05, 4.69) is 46.3 Å². The number of piperazine rings is 1. The molecule has 1 aliphatic rings. The molecule has 34 heavy (non-hydrogen) atoms. The maximum Gasteiger partial charge on any atom is 0.269 e. The first-order chi connectivity index (χ1) is 16.4. The summed E-state index contributed by atoms with van der Waals surface area (Å²) < 4.78 is 2.04. The molecule has 0 bridgehead atoms. The monoisotopic (exact) mass is 480 g/mol. The molecule has 0 saturated carbocycles. The molecule has 0 atom stereocenters. The number of rotatable bonds is 8. The number of nitrogens with zero attached hydrogens (tertiary/aromatic N) is 6.